The van der Waals surface area contributed by atoms with Crippen molar-refractivity contribution in [3.8, 4) is 0 Å². The SMILES string of the molecule is COC(CN)C(=O)Nc1cc(C)ccc1Cl. The van der Waals surface area contributed by atoms with Crippen LogP contribution >= 0.6 is 11.6 Å². The third-order valence-corrected chi connectivity index (χ3v) is 2.50. The molecule has 1 amide bonds. The van der Waals surface area contributed by atoms with E-state index in [-0.39, 0.29) is 12.5 Å². The van der Waals surface area contributed by atoms with Gasteiger partial charge in [0.1, 0.15) is 6.10 Å². The monoisotopic (exact) mass is 242 g/mol. The normalized spacial score (nSPS) is 12.2. The van der Waals surface area contributed by atoms with Crippen molar-refractivity contribution in [2.24, 2.45) is 5.73 Å². The molecule has 0 aromatic heterocycles. The molecule has 0 radical (unpaired) electrons. The van der Waals surface area contributed by atoms with Crippen LogP contribution in [0.2, 0.25) is 5.02 Å². The van der Waals surface area contributed by atoms with Crippen molar-refractivity contribution in [3.63, 3.8) is 0 Å². The molecule has 0 aliphatic heterocycles. The highest BCUT2D eigenvalue weighted by Gasteiger charge is 2.16. The third-order valence-electron chi connectivity index (χ3n) is 2.17. The van der Waals surface area contributed by atoms with Crippen molar-refractivity contribution in [2.75, 3.05) is 19.0 Å². The molecule has 0 aliphatic carbocycles. The molecular formula is C11H15ClN2O2. The van der Waals surface area contributed by atoms with E-state index in [1.807, 2.05) is 13.0 Å². The van der Waals surface area contributed by atoms with Crippen molar-refractivity contribution in [1.29, 1.82) is 0 Å². The van der Waals surface area contributed by atoms with Gasteiger partial charge in [0.2, 0.25) is 0 Å². The third kappa shape index (κ3) is 3.20. The Hall–Kier alpha value is -1.10. The Morgan fingerprint density at radius 1 is 1.62 bits per heavy atom. The molecule has 1 aromatic rings. The minimum absolute atomic E-state index is 0.131. The molecule has 1 atom stereocenters. The highest BCUT2D eigenvalue weighted by molar-refractivity contribution is 6.33. The van der Waals surface area contributed by atoms with Crippen molar-refractivity contribution >= 4 is 23.2 Å². The van der Waals surface area contributed by atoms with Crippen LogP contribution < -0.4 is 11.1 Å². The average Bonchev–Trinajstić information content (AvgIpc) is 2.25. The smallest absolute Gasteiger partial charge is 0.254 e. The van der Waals surface area contributed by atoms with E-state index in [1.54, 1.807) is 12.1 Å². The molecular weight excluding hydrogens is 228 g/mol. The average molecular weight is 243 g/mol. The molecule has 88 valence electrons. The number of benzene rings is 1. The van der Waals surface area contributed by atoms with E-state index in [0.717, 1.165) is 5.56 Å². The van der Waals surface area contributed by atoms with Gasteiger partial charge in [-0.1, -0.05) is 17.7 Å². The number of ether oxygens (including phenoxy) is 1. The molecule has 0 fully saturated rings. The summed E-state index contributed by atoms with van der Waals surface area (Å²) in [5.41, 5.74) is 6.97. The van der Waals surface area contributed by atoms with E-state index in [1.165, 1.54) is 7.11 Å². The lowest BCUT2D eigenvalue weighted by Gasteiger charge is -2.14. The Labute approximate surface area is 99.7 Å². The first-order valence-electron chi connectivity index (χ1n) is 4.88. The number of amides is 1. The Bertz CT molecular complexity index is 378. The van der Waals surface area contributed by atoms with Gasteiger partial charge in [-0.2, -0.15) is 0 Å². The Morgan fingerprint density at radius 3 is 2.88 bits per heavy atom. The number of nitrogens with one attached hydrogen (secondary N) is 1. The van der Waals surface area contributed by atoms with Gasteiger partial charge in [0.25, 0.3) is 5.91 Å². The van der Waals surface area contributed by atoms with Gasteiger partial charge in [-0.15, -0.1) is 0 Å². The standard InChI is InChI=1S/C11H15ClN2O2/c1-7-3-4-8(12)9(5-7)14-11(15)10(6-13)16-2/h3-5,10H,6,13H2,1-2H3,(H,14,15). The van der Waals surface area contributed by atoms with Crippen LogP contribution in [0.15, 0.2) is 18.2 Å². The fourth-order valence-electron chi connectivity index (χ4n) is 1.26. The van der Waals surface area contributed by atoms with Gasteiger partial charge in [-0.05, 0) is 24.6 Å². The molecule has 0 saturated heterocycles. The molecule has 1 unspecified atom stereocenters. The van der Waals surface area contributed by atoms with E-state index >= 15 is 0 Å². The number of halogens is 1. The van der Waals surface area contributed by atoms with Crippen LogP contribution in [0.4, 0.5) is 5.69 Å². The van der Waals surface area contributed by atoms with Crippen molar-refractivity contribution in [3.05, 3.63) is 28.8 Å². The van der Waals surface area contributed by atoms with Crippen LogP contribution in [0.5, 0.6) is 0 Å². The number of aryl methyl sites for hydroxylation is 1. The molecule has 3 N–H and O–H groups in total. The molecule has 1 rings (SSSR count). The van der Waals surface area contributed by atoms with E-state index in [4.69, 9.17) is 22.1 Å². The molecule has 5 heteroatoms. The molecule has 0 heterocycles. The first-order chi connectivity index (χ1) is 7.58. The summed E-state index contributed by atoms with van der Waals surface area (Å²) in [6.45, 7) is 2.05. The summed E-state index contributed by atoms with van der Waals surface area (Å²) in [6, 6.07) is 5.40. The Balaban J connectivity index is 2.80. The molecule has 4 nitrogen and oxygen atoms in total. The van der Waals surface area contributed by atoms with Gasteiger partial charge in [0.15, 0.2) is 0 Å². The summed E-state index contributed by atoms with van der Waals surface area (Å²) in [5, 5.41) is 3.17. The van der Waals surface area contributed by atoms with Gasteiger partial charge < -0.3 is 15.8 Å². The molecule has 0 saturated carbocycles. The zero-order valence-electron chi connectivity index (χ0n) is 9.29. The number of hydrogen-bond donors (Lipinski definition) is 2. The van der Waals surface area contributed by atoms with Crippen molar-refractivity contribution < 1.29 is 9.53 Å². The largest absolute Gasteiger partial charge is 0.370 e. The maximum absolute atomic E-state index is 11.7. The van der Waals surface area contributed by atoms with Crippen molar-refractivity contribution in [1.82, 2.24) is 0 Å². The van der Waals surface area contributed by atoms with Crippen LogP contribution in [0.25, 0.3) is 0 Å². The van der Waals surface area contributed by atoms with Crippen LogP contribution in [-0.4, -0.2) is 25.7 Å². The Morgan fingerprint density at radius 2 is 2.31 bits per heavy atom. The quantitative estimate of drug-likeness (QED) is 0.842. The van der Waals surface area contributed by atoms with E-state index in [9.17, 15) is 4.79 Å². The number of methoxy groups -OCH3 is 1. The molecule has 16 heavy (non-hydrogen) atoms. The lowest BCUT2D eigenvalue weighted by atomic mass is 10.2. The zero-order valence-corrected chi connectivity index (χ0v) is 10.0. The van der Waals surface area contributed by atoms with E-state index in [0.29, 0.717) is 10.7 Å². The number of rotatable bonds is 4. The maximum Gasteiger partial charge on any atom is 0.254 e. The van der Waals surface area contributed by atoms with Crippen LogP contribution in [0.1, 0.15) is 5.56 Å². The number of anilines is 1. The predicted molar refractivity (Wildman–Crippen MR) is 64.7 cm³/mol. The summed E-state index contributed by atoms with van der Waals surface area (Å²) < 4.78 is 4.92. The molecule has 1 aromatic carbocycles. The lowest BCUT2D eigenvalue weighted by Crippen LogP contribution is -2.35. The van der Waals surface area contributed by atoms with Crippen LogP contribution in [0.3, 0.4) is 0 Å². The number of carbonyl (C=O) groups excluding carboxylic acids is 1. The summed E-state index contributed by atoms with van der Waals surface area (Å²) >= 11 is 5.94. The van der Waals surface area contributed by atoms with E-state index in [2.05, 4.69) is 5.32 Å². The van der Waals surface area contributed by atoms with Gasteiger partial charge in [-0.25, -0.2) is 0 Å². The summed E-state index contributed by atoms with van der Waals surface area (Å²) in [4.78, 5) is 11.7. The van der Waals surface area contributed by atoms with Crippen molar-refractivity contribution in [2.45, 2.75) is 13.0 Å². The van der Waals surface area contributed by atoms with Gasteiger partial charge >= 0.3 is 0 Å². The highest BCUT2D eigenvalue weighted by atomic mass is 35.5. The summed E-state index contributed by atoms with van der Waals surface area (Å²) in [7, 11) is 1.44. The second kappa shape index (κ2) is 5.84. The minimum Gasteiger partial charge on any atom is -0.370 e. The number of hydrogen-bond acceptors (Lipinski definition) is 3. The molecule has 0 aliphatic rings. The predicted octanol–water partition coefficient (Wildman–Crippen LogP) is 1.56. The fraction of sp³-hybridized carbons (Fsp3) is 0.364. The number of carbonyl (C=O) groups is 1. The van der Waals surface area contributed by atoms with E-state index < -0.39 is 6.10 Å². The van der Waals surface area contributed by atoms with Gasteiger partial charge in [0.05, 0.1) is 10.7 Å². The van der Waals surface area contributed by atoms with Gasteiger partial charge in [-0.3, -0.25) is 4.79 Å². The van der Waals surface area contributed by atoms with Crippen LogP contribution in [0, 0.1) is 6.92 Å². The minimum atomic E-state index is -0.656. The van der Waals surface area contributed by atoms with Gasteiger partial charge in [0, 0.05) is 13.7 Å². The highest BCUT2D eigenvalue weighted by Crippen LogP contribution is 2.22. The molecule has 0 bridgehead atoms. The topological polar surface area (TPSA) is 64.3 Å². The molecule has 0 spiro atoms. The second-order valence-electron chi connectivity index (χ2n) is 3.43. The fourth-order valence-corrected chi connectivity index (χ4v) is 1.42. The lowest BCUT2D eigenvalue weighted by molar-refractivity contribution is -0.125. The maximum atomic E-state index is 11.7. The zero-order chi connectivity index (χ0) is 12.1. The van der Waals surface area contributed by atoms with Crippen LogP contribution in [-0.2, 0) is 9.53 Å². The Kier molecular flexibility index (Phi) is 4.73. The second-order valence-corrected chi connectivity index (χ2v) is 3.84. The first-order valence-corrected chi connectivity index (χ1v) is 5.26. The first kappa shape index (κ1) is 13.0. The summed E-state index contributed by atoms with van der Waals surface area (Å²) in [6.07, 6.45) is -0.656. The summed E-state index contributed by atoms with van der Waals surface area (Å²) in [5.74, 6) is -0.294. The number of nitrogens with two attached hydrogens (primary N) is 1.